The molecule has 12 N–H and O–H groups in total. The average Bonchev–Trinajstić information content (AvgIpc) is 1.62. The van der Waals surface area contributed by atoms with E-state index in [9.17, 15) is 19.2 Å². The number of nitrogens with two attached hydrogens (primary N) is 4. The molecule has 0 unspecified atom stereocenters. The largest absolute Gasteiger partial charge is 0.493 e. The number of aryl methyl sites for hydroxylation is 6. The molecule has 11 heterocycles. The van der Waals surface area contributed by atoms with Gasteiger partial charge < -0.3 is 48.9 Å². The second kappa shape index (κ2) is 37.8. The number of nitrogens with zero attached hydrogens (tertiary/aromatic N) is 19. The number of halogens is 1. The Bertz CT molecular complexity index is 6150. The van der Waals surface area contributed by atoms with Gasteiger partial charge in [0.05, 0.1) is 56.7 Å². The number of hydrogen-bond donors (Lipinski definition) is 8. The Hall–Kier alpha value is -14.9. The number of aromatic nitrogens is 19. The molecule has 0 aliphatic rings. The van der Waals surface area contributed by atoms with Crippen molar-refractivity contribution in [1.29, 1.82) is 0 Å². The van der Waals surface area contributed by atoms with Gasteiger partial charge in [0.1, 0.15) is 94.2 Å². The lowest BCUT2D eigenvalue weighted by atomic mass is 10.1. The molecule has 32 nitrogen and oxygen atoms in total. The number of nitrogen functional groups attached to an aromatic ring is 4. The van der Waals surface area contributed by atoms with E-state index in [1.54, 1.807) is 44.5 Å². The smallest absolute Gasteiger partial charge is 0.269 e. The molecule has 33 heteroatoms. The fraction of sp³-hybridized carbons (Fsp3) is 0.258. The van der Waals surface area contributed by atoms with E-state index in [1.807, 2.05) is 253 Å². The zero-order chi connectivity index (χ0) is 89.9. The Kier molecular flexibility index (Phi) is 26.7. The number of para-hydroxylation sites is 1. The molecule has 0 aliphatic carbocycles. The van der Waals surface area contributed by atoms with Crippen LogP contribution in [-0.2, 0) is 27.0 Å². The summed E-state index contributed by atoms with van der Waals surface area (Å²) in [6.45, 7) is 29.4. The summed E-state index contributed by atoms with van der Waals surface area (Å²) in [7, 11) is 0. The maximum absolute atomic E-state index is 12.6. The first-order chi connectivity index (χ1) is 60.1. The summed E-state index contributed by atoms with van der Waals surface area (Å²) in [5.74, 6) is 1.40. The number of nitrogens with one attached hydrogen (secondary N) is 4. The zero-order valence-electron chi connectivity index (χ0n) is 72.6. The number of fused-ring (bicyclic) bond motifs is 4. The number of benzene rings is 5. The fourth-order valence-electron chi connectivity index (χ4n) is 13.8. The number of rotatable bonds is 23. The summed E-state index contributed by atoms with van der Waals surface area (Å²) >= 11 is 3.36. The Labute approximate surface area is 736 Å². The van der Waals surface area contributed by atoms with Crippen molar-refractivity contribution in [1.82, 2.24) is 115 Å². The Morgan fingerprint density at radius 2 is 0.659 bits per heavy atom. The molecule has 0 saturated heterocycles. The van der Waals surface area contributed by atoms with Gasteiger partial charge in [-0.25, -0.2) is 68.6 Å². The van der Waals surface area contributed by atoms with Crippen molar-refractivity contribution in [3.05, 3.63) is 263 Å². The second-order valence-corrected chi connectivity index (χ2v) is 33.9. The van der Waals surface area contributed by atoms with E-state index >= 15 is 0 Å². The molecule has 16 aromatic rings. The molecule has 126 heavy (non-hydrogen) atoms. The quantitative estimate of drug-likeness (QED) is 0.0295. The first kappa shape index (κ1) is 88.9. The number of pyridine rings is 3. The van der Waals surface area contributed by atoms with E-state index in [0.29, 0.717) is 134 Å². The van der Waals surface area contributed by atoms with Crippen molar-refractivity contribution in [2.24, 2.45) is 0 Å². The zero-order valence-corrected chi connectivity index (χ0v) is 74.2. The van der Waals surface area contributed by atoms with Gasteiger partial charge in [-0.15, -0.1) is 0 Å². The summed E-state index contributed by atoms with van der Waals surface area (Å²) in [4.78, 5) is 97.4. The van der Waals surface area contributed by atoms with Crippen molar-refractivity contribution in [2.75, 3.05) is 55.7 Å². The molecule has 0 saturated carbocycles. The summed E-state index contributed by atoms with van der Waals surface area (Å²) in [5.41, 5.74) is 38.9. The van der Waals surface area contributed by atoms with E-state index in [2.05, 4.69) is 92.0 Å². The van der Waals surface area contributed by atoms with Gasteiger partial charge in [0, 0.05) is 70.5 Å². The lowest BCUT2D eigenvalue weighted by Crippen LogP contribution is -2.41. The minimum atomic E-state index is -0.594. The summed E-state index contributed by atoms with van der Waals surface area (Å²) in [6.07, 6.45) is 7.56. The molecule has 16 rings (SSSR count). The van der Waals surface area contributed by atoms with E-state index in [0.717, 1.165) is 71.8 Å². The molecule has 0 aliphatic heterocycles. The van der Waals surface area contributed by atoms with Crippen molar-refractivity contribution >= 4 is 107 Å². The second-order valence-electron chi connectivity index (χ2n) is 33.0. The van der Waals surface area contributed by atoms with Crippen LogP contribution in [0.1, 0.15) is 127 Å². The molecule has 11 aromatic heterocycles. The number of ether oxygens (including phenoxy) is 1. The van der Waals surface area contributed by atoms with Crippen LogP contribution in [0.5, 0.6) is 5.75 Å². The minimum absolute atomic E-state index is 0.0941. The third kappa shape index (κ3) is 20.6. The van der Waals surface area contributed by atoms with Gasteiger partial charge in [-0.05, 0) is 145 Å². The highest BCUT2D eigenvalue weighted by Gasteiger charge is 2.34. The van der Waals surface area contributed by atoms with Crippen LogP contribution < -0.4 is 48.9 Å². The summed E-state index contributed by atoms with van der Waals surface area (Å²) in [6, 6.07) is 55.9. The molecule has 0 spiro atoms. The minimum Gasteiger partial charge on any atom is -0.493 e. The Morgan fingerprint density at radius 1 is 0.357 bits per heavy atom. The van der Waals surface area contributed by atoms with Gasteiger partial charge in [-0.2, -0.15) is 20.4 Å². The highest BCUT2D eigenvalue weighted by molar-refractivity contribution is 9.10. The van der Waals surface area contributed by atoms with Gasteiger partial charge in [0.15, 0.2) is 22.6 Å². The molecule has 0 radical (unpaired) electrons. The standard InChI is InChI=1S/C25H28N6O2.2C23H25N7O.C22H22BrN7O/c1-17-9-11-18(12-10-17)22-21-23(26)28-16-29-24(21)31(30-22)25(2,3)15-27-20(32)13-14-33-19-7-5-4-6-8-19;2*1-14-8-10-16(11-9-14)19-18-20(24)26-13-27-21(18)30(29-19)23(3,4)12-25-22(31)17-7-5-6-15(2)28-17;1-13-4-6-14(7-5-13)18-17-19(24)27-12-28-20(17)30(29-18)22(2,3)11-26-21(31)16-10-15(23)8-9-25-16/h4-12,16H,13-15H2,1-3H3,(H,27,32)(H2,26,28,29);2*5-11,13H,12H2,1-4H3,(H,25,31)(H2,24,26,27);4-10,12H,11H2,1-3H3,(H,26,31)(H2,24,27,28). The number of anilines is 4. The molecule has 0 bridgehead atoms. The van der Waals surface area contributed by atoms with Gasteiger partial charge in [-0.3, -0.25) is 24.2 Å². The molecule has 0 atom stereocenters. The molecule has 644 valence electrons. The first-order valence-electron chi connectivity index (χ1n) is 40.7. The predicted molar refractivity (Wildman–Crippen MR) is 493 cm³/mol. The molecule has 4 amide bonds. The third-order valence-corrected chi connectivity index (χ3v) is 21.4. The number of carbonyl (C=O) groups is 4. The fourth-order valence-corrected chi connectivity index (χ4v) is 14.1. The van der Waals surface area contributed by atoms with Crippen LogP contribution in [0.2, 0.25) is 0 Å². The summed E-state index contributed by atoms with van der Waals surface area (Å²) in [5, 5.41) is 34.1. The van der Waals surface area contributed by atoms with E-state index in [1.165, 1.54) is 25.3 Å². The lowest BCUT2D eigenvalue weighted by molar-refractivity contribution is -0.122. The van der Waals surface area contributed by atoms with Crippen LogP contribution in [0.15, 0.2) is 212 Å². The van der Waals surface area contributed by atoms with Crippen molar-refractivity contribution in [2.45, 2.75) is 126 Å². The first-order valence-corrected chi connectivity index (χ1v) is 41.5. The van der Waals surface area contributed by atoms with Gasteiger partial charge in [-0.1, -0.05) is 166 Å². The van der Waals surface area contributed by atoms with Crippen LogP contribution in [0.25, 0.3) is 89.2 Å². The van der Waals surface area contributed by atoms with Gasteiger partial charge >= 0.3 is 0 Å². The van der Waals surface area contributed by atoms with Crippen molar-refractivity contribution in [3.8, 4) is 50.8 Å². The van der Waals surface area contributed by atoms with Crippen molar-refractivity contribution < 1.29 is 23.9 Å². The molecule has 0 fully saturated rings. The monoisotopic (exact) mass is 1750 g/mol. The topological polar surface area (TPSA) is 443 Å². The number of amides is 4. The van der Waals surface area contributed by atoms with E-state index in [4.69, 9.17) is 48.1 Å². The van der Waals surface area contributed by atoms with Crippen LogP contribution in [-0.4, -0.2) is 150 Å². The number of carbonyl (C=O) groups excluding carboxylic acids is 4. The molecular formula is C93H100BrN27O5. The SMILES string of the molecule is Cc1ccc(-c2nn(C(C)(C)CNC(=O)CCOc3ccccc3)c3ncnc(N)c23)cc1.Cc1ccc(-c2nn(C(C)(C)CNC(=O)c3cc(Br)ccn3)c3ncnc(N)c23)cc1.Cc1ccc(-c2nn(C(C)(C)CNC(=O)c3cccc(C)n3)c3ncnc(N)c23)cc1.Cc1ccc(-c2nn(C(C)(C)CNC(=O)c3cccc(C)n3)c3ncnc(N)c23)cc1. The van der Waals surface area contributed by atoms with Crippen molar-refractivity contribution in [3.63, 3.8) is 0 Å². The summed E-state index contributed by atoms with van der Waals surface area (Å²) < 4.78 is 13.6. The highest BCUT2D eigenvalue weighted by atomic mass is 79.9. The average molecular weight is 1760 g/mol. The Morgan fingerprint density at radius 3 is 0.960 bits per heavy atom. The van der Waals surface area contributed by atoms with Gasteiger partial charge in [0.2, 0.25) is 5.91 Å². The lowest BCUT2D eigenvalue weighted by Gasteiger charge is -2.26. The predicted octanol–water partition coefficient (Wildman–Crippen LogP) is 13.9. The van der Waals surface area contributed by atoms with Crippen LogP contribution in [0, 0.1) is 41.5 Å². The van der Waals surface area contributed by atoms with Crippen LogP contribution >= 0.6 is 15.9 Å². The molecule has 5 aromatic carbocycles. The number of hydrogen-bond acceptors (Lipinski definition) is 24. The Balaban J connectivity index is 0.000000144. The maximum Gasteiger partial charge on any atom is 0.269 e. The third-order valence-electron chi connectivity index (χ3n) is 20.9. The normalized spacial score (nSPS) is 11.6. The maximum atomic E-state index is 12.6. The van der Waals surface area contributed by atoms with Crippen LogP contribution in [0.4, 0.5) is 23.3 Å². The molecular weight excluding hydrogens is 1660 g/mol. The highest BCUT2D eigenvalue weighted by Crippen LogP contribution is 2.38. The van der Waals surface area contributed by atoms with E-state index in [-0.39, 0.29) is 30.0 Å². The van der Waals surface area contributed by atoms with Crippen LogP contribution in [0.3, 0.4) is 0 Å². The van der Waals surface area contributed by atoms with Gasteiger partial charge in [0.25, 0.3) is 17.7 Å². The van der Waals surface area contributed by atoms with E-state index < -0.39 is 22.2 Å².